The first-order chi connectivity index (χ1) is 7.00. The molecule has 1 aromatic rings. The molecule has 0 unspecified atom stereocenters. The predicted octanol–water partition coefficient (Wildman–Crippen LogP) is 3.59. The summed E-state index contributed by atoms with van der Waals surface area (Å²) in [5.41, 5.74) is 6.85. The van der Waals surface area contributed by atoms with E-state index in [1.807, 2.05) is 12.1 Å². The highest BCUT2D eigenvalue weighted by Gasteiger charge is 2.11. The fourth-order valence-corrected chi connectivity index (χ4v) is 1.85. The molecule has 1 rings (SSSR count). The largest absolute Gasteiger partial charge is 0.508 e. The minimum absolute atomic E-state index is 0.0690. The third-order valence-electron chi connectivity index (χ3n) is 2.45. The summed E-state index contributed by atoms with van der Waals surface area (Å²) in [7, 11) is 0. The molecule has 0 amide bonds. The van der Waals surface area contributed by atoms with Gasteiger partial charge in [-0.1, -0.05) is 35.8 Å². The van der Waals surface area contributed by atoms with E-state index in [0.717, 1.165) is 22.9 Å². The van der Waals surface area contributed by atoms with E-state index >= 15 is 0 Å². The number of rotatable bonds is 4. The van der Waals surface area contributed by atoms with Gasteiger partial charge in [0.15, 0.2) is 0 Å². The van der Waals surface area contributed by atoms with E-state index in [1.54, 1.807) is 6.07 Å². The van der Waals surface area contributed by atoms with Crippen molar-refractivity contribution >= 4 is 15.9 Å². The van der Waals surface area contributed by atoms with Crippen LogP contribution in [0.25, 0.3) is 0 Å². The van der Waals surface area contributed by atoms with Gasteiger partial charge in [0.1, 0.15) is 5.75 Å². The molecular weight excluding hydrogens is 254 g/mol. The normalized spacial score (nSPS) is 13.1. The van der Waals surface area contributed by atoms with Crippen LogP contribution in [0, 0.1) is 5.92 Å². The van der Waals surface area contributed by atoms with Crippen LogP contribution in [-0.4, -0.2) is 5.11 Å². The van der Waals surface area contributed by atoms with E-state index in [0.29, 0.717) is 5.92 Å². The van der Waals surface area contributed by atoms with Crippen LogP contribution in [-0.2, 0) is 0 Å². The molecule has 0 bridgehead atoms. The number of benzene rings is 1. The van der Waals surface area contributed by atoms with E-state index < -0.39 is 0 Å². The molecule has 0 aliphatic rings. The van der Waals surface area contributed by atoms with Gasteiger partial charge in [-0.2, -0.15) is 0 Å². The van der Waals surface area contributed by atoms with Gasteiger partial charge in [0.2, 0.25) is 0 Å². The zero-order chi connectivity index (χ0) is 11.4. The van der Waals surface area contributed by atoms with Gasteiger partial charge in [0.05, 0.1) is 0 Å². The fraction of sp³-hybridized carbons (Fsp3) is 0.500. The highest BCUT2D eigenvalue weighted by molar-refractivity contribution is 9.10. The second-order valence-electron chi connectivity index (χ2n) is 4.28. The Labute approximate surface area is 99.6 Å². The second kappa shape index (κ2) is 5.52. The highest BCUT2D eigenvalue weighted by atomic mass is 79.9. The fourth-order valence-electron chi connectivity index (χ4n) is 1.50. The lowest BCUT2D eigenvalue weighted by molar-refractivity contribution is 0.448. The van der Waals surface area contributed by atoms with E-state index in [2.05, 4.69) is 29.8 Å². The zero-order valence-corrected chi connectivity index (χ0v) is 10.8. The van der Waals surface area contributed by atoms with Crippen LogP contribution < -0.4 is 5.73 Å². The summed E-state index contributed by atoms with van der Waals surface area (Å²) in [6, 6.07) is 5.40. The van der Waals surface area contributed by atoms with Gasteiger partial charge in [0, 0.05) is 16.1 Å². The van der Waals surface area contributed by atoms with Crippen LogP contribution in [0.3, 0.4) is 0 Å². The number of hydrogen-bond acceptors (Lipinski definition) is 2. The van der Waals surface area contributed by atoms with Gasteiger partial charge in [-0.15, -0.1) is 0 Å². The van der Waals surface area contributed by atoms with Crippen molar-refractivity contribution in [1.82, 2.24) is 0 Å². The molecule has 1 atom stereocenters. The van der Waals surface area contributed by atoms with Crippen LogP contribution in [0.15, 0.2) is 22.7 Å². The summed E-state index contributed by atoms with van der Waals surface area (Å²) in [4.78, 5) is 0. The topological polar surface area (TPSA) is 46.2 Å². The van der Waals surface area contributed by atoms with Gasteiger partial charge >= 0.3 is 0 Å². The average Bonchev–Trinajstić information content (AvgIpc) is 2.14. The number of phenolic OH excluding ortho intramolecular Hbond substituents is 1. The van der Waals surface area contributed by atoms with Crippen LogP contribution in [0.2, 0.25) is 0 Å². The molecule has 0 aliphatic carbocycles. The lowest BCUT2D eigenvalue weighted by Crippen LogP contribution is -2.11. The quantitative estimate of drug-likeness (QED) is 0.879. The molecule has 3 heteroatoms. The van der Waals surface area contributed by atoms with Crippen molar-refractivity contribution in [3.63, 3.8) is 0 Å². The molecule has 15 heavy (non-hydrogen) atoms. The average molecular weight is 272 g/mol. The molecule has 84 valence electrons. The molecule has 0 radical (unpaired) electrons. The van der Waals surface area contributed by atoms with E-state index in [-0.39, 0.29) is 11.8 Å². The maximum Gasteiger partial charge on any atom is 0.121 e. The van der Waals surface area contributed by atoms with Crippen LogP contribution >= 0.6 is 15.9 Å². The molecule has 0 heterocycles. The van der Waals surface area contributed by atoms with Crippen LogP contribution in [0.1, 0.15) is 38.3 Å². The first-order valence-corrected chi connectivity index (χ1v) is 6.04. The van der Waals surface area contributed by atoms with Crippen molar-refractivity contribution in [3.8, 4) is 5.75 Å². The SMILES string of the molecule is CC(C)CC[C@H](N)c1ccc(Br)cc1O. The number of hydrogen-bond donors (Lipinski definition) is 2. The lowest BCUT2D eigenvalue weighted by atomic mass is 9.98. The van der Waals surface area contributed by atoms with Crippen molar-refractivity contribution < 1.29 is 5.11 Å². The summed E-state index contributed by atoms with van der Waals surface area (Å²) >= 11 is 3.31. The van der Waals surface area contributed by atoms with Crippen molar-refractivity contribution in [1.29, 1.82) is 0 Å². The van der Waals surface area contributed by atoms with Crippen molar-refractivity contribution in [3.05, 3.63) is 28.2 Å². The summed E-state index contributed by atoms with van der Waals surface area (Å²) in [6.07, 6.45) is 1.99. The second-order valence-corrected chi connectivity index (χ2v) is 5.20. The Bertz CT molecular complexity index is 325. The van der Waals surface area contributed by atoms with Gasteiger partial charge in [-0.25, -0.2) is 0 Å². The Morgan fingerprint density at radius 2 is 2.00 bits per heavy atom. The minimum atomic E-state index is -0.0690. The summed E-state index contributed by atoms with van der Waals surface area (Å²) in [6.45, 7) is 4.35. The third-order valence-corrected chi connectivity index (χ3v) is 2.94. The zero-order valence-electron chi connectivity index (χ0n) is 9.20. The van der Waals surface area contributed by atoms with Gasteiger partial charge in [-0.05, 0) is 30.9 Å². The number of nitrogens with two attached hydrogens (primary N) is 1. The number of halogens is 1. The predicted molar refractivity (Wildman–Crippen MR) is 66.8 cm³/mol. The van der Waals surface area contributed by atoms with Gasteiger partial charge in [-0.3, -0.25) is 0 Å². The molecule has 0 aliphatic heterocycles. The third kappa shape index (κ3) is 3.84. The van der Waals surface area contributed by atoms with E-state index in [1.165, 1.54) is 0 Å². The molecular formula is C12H18BrNO. The Morgan fingerprint density at radius 1 is 1.33 bits per heavy atom. The van der Waals surface area contributed by atoms with E-state index in [4.69, 9.17) is 5.73 Å². The van der Waals surface area contributed by atoms with Gasteiger partial charge in [0.25, 0.3) is 0 Å². The Morgan fingerprint density at radius 3 is 2.53 bits per heavy atom. The molecule has 1 aromatic carbocycles. The highest BCUT2D eigenvalue weighted by Crippen LogP contribution is 2.29. The van der Waals surface area contributed by atoms with Gasteiger partial charge < -0.3 is 10.8 Å². The smallest absolute Gasteiger partial charge is 0.121 e. The molecule has 2 nitrogen and oxygen atoms in total. The summed E-state index contributed by atoms with van der Waals surface area (Å²) in [5.74, 6) is 0.925. The maximum absolute atomic E-state index is 9.72. The molecule has 0 aromatic heterocycles. The first-order valence-electron chi connectivity index (χ1n) is 5.24. The number of phenols is 1. The van der Waals surface area contributed by atoms with Crippen LogP contribution in [0.4, 0.5) is 0 Å². The number of aromatic hydroxyl groups is 1. The molecule has 0 fully saturated rings. The maximum atomic E-state index is 9.72. The first kappa shape index (κ1) is 12.5. The molecule has 0 saturated heterocycles. The molecule has 0 saturated carbocycles. The Balaban J connectivity index is 2.69. The Hall–Kier alpha value is -0.540. The minimum Gasteiger partial charge on any atom is -0.508 e. The van der Waals surface area contributed by atoms with Crippen molar-refractivity contribution in [2.24, 2.45) is 11.7 Å². The van der Waals surface area contributed by atoms with E-state index in [9.17, 15) is 5.11 Å². The van der Waals surface area contributed by atoms with Crippen molar-refractivity contribution in [2.75, 3.05) is 0 Å². The standard InChI is InChI=1S/C12H18BrNO/c1-8(2)3-6-11(14)10-5-4-9(13)7-12(10)15/h4-5,7-8,11,15H,3,6,14H2,1-2H3/t11-/m0/s1. The lowest BCUT2D eigenvalue weighted by Gasteiger charge is -2.15. The van der Waals surface area contributed by atoms with Crippen LogP contribution in [0.5, 0.6) is 5.75 Å². The summed E-state index contributed by atoms with van der Waals surface area (Å²) in [5, 5.41) is 9.72. The molecule has 0 spiro atoms. The summed E-state index contributed by atoms with van der Waals surface area (Å²) < 4.78 is 0.875. The molecule has 3 N–H and O–H groups in total. The Kier molecular flexibility index (Phi) is 4.61. The monoisotopic (exact) mass is 271 g/mol. The van der Waals surface area contributed by atoms with Crippen molar-refractivity contribution in [2.45, 2.75) is 32.7 Å².